The van der Waals surface area contributed by atoms with E-state index >= 15 is 0 Å². The number of nitrogens with two attached hydrogens (primary N) is 1. The van der Waals surface area contributed by atoms with Crippen LogP contribution in [0.15, 0.2) is 0 Å². The van der Waals surface area contributed by atoms with E-state index in [1.807, 2.05) is 6.92 Å². The lowest BCUT2D eigenvalue weighted by atomic mass is 10.2. The molecule has 8 heavy (non-hydrogen) atoms. The highest BCUT2D eigenvalue weighted by Crippen LogP contribution is 1.93. The van der Waals surface area contributed by atoms with Crippen molar-refractivity contribution in [3.8, 4) is 0 Å². The Bertz CT molecular complexity index is 84.5. The molecule has 1 atom stereocenters. The molecule has 1 unspecified atom stereocenters. The molecule has 0 aromatic carbocycles. The van der Waals surface area contributed by atoms with Crippen LogP contribution >= 0.6 is 12.2 Å². The molecule has 0 heterocycles. The Labute approximate surface area is 55.0 Å². The van der Waals surface area contributed by atoms with E-state index in [1.165, 1.54) is 0 Å². The van der Waals surface area contributed by atoms with Crippen LogP contribution in [0.4, 0.5) is 0 Å². The Morgan fingerprint density at radius 1 is 1.88 bits per heavy atom. The van der Waals surface area contributed by atoms with Crippen LogP contribution in [0.25, 0.3) is 0 Å². The lowest BCUT2D eigenvalue weighted by Gasteiger charge is -2.05. The third kappa shape index (κ3) is 2.93. The molecule has 0 aliphatic rings. The molecule has 0 bridgehead atoms. The Morgan fingerprint density at radius 2 is 2.38 bits per heavy atom. The molecule has 0 fully saturated rings. The highest BCUT2D eigenvalue weighted by molar-refractivity contribution is 7.80. The molecule has 0 radical (unpaired) electrons. The Hall–Kier alpha value is -0.150. The van der Waals surface area contributed by atoms with Gasteiger partial charge in [-0.2, -0.15) is 0 Å². The van der Waals surface area contributed by atoms with Crippen molar-refractivity contribution < 1.29 is 4.74 Å². The summed E-state index contributed by atoms with van der Waals surface area (Å²) in [6.45, 7) is 2.56. The molecule has 0 aromatic heterocycles. The largest absolute Gasteiger partial charge is 0.393 e. The minimum absolute atomic E-state index is 0.204. The predicted octanol–water partition coefficient (Wildman–Crippen LogP) is 0.555. The van der Waals surface area contributed by atoms with Crippen molar-refractivity contribution in [2.45, 2.75) is 6.92 Å². The van der Waals surface area contributed by atoms with Crippen molar-refractivity contribution in [3.63, 3.8) is 0 Å². The molecule has 48 valence electrons. The number of thiocarbonyl (C=S) groups is 1. The number of ether oxygens (including phenoxy) is 1. The summed E-state index contributed by atoms with van der Waals surface area (Å²) in [5.74, 6) is 0.204. The average Bonchev–Trinajstić information content (AvgIpc) is 1.67. The number of hydrogen-bond acceptors (Lipinski definition) is 2. The lowest BCUT2D eigenvalue weighted by molar-refractivity contribution is 0.182. The van der Waals surface area contributed by atoms with Gasteiger partial charge >= 0.3 is 0 Å². The standard InChI is InChI=1S/C5H11NOS/c1-4(3-7-2)5(6)8/h4H,3H2,1-2H3,(H2,6,8). The zero-order chi connectivity index (χ0) is 6.57. The second-order valence-electron chi connectivity index (χ2n) is 1.76. The fraction of sp³-hybridized carbons (Fsp3) is 0.800. The first-order chi connectivity index (χ1) is 3.68. The van der Waals surface area contributed by atoms with E-state index in [0.29, 0.717) is 11.6 Å². The first-order valence-corrected chi connectivity index (χ1v) is 2.87. The molecule has 0 amide bonds. The zero-order valence-corrected chi connectivity index (χ0v) is 5.99. The molecule has 0 aliphatic carbocycles. The maximum Gasteiger partial charge on any atom is 0.0779 e. The number of methoxy groups -OCH3 is 1. The minimum atomic E-state index is 0.204. The SMILES string of the molecule is COCC(C)C(N)=S. The third-order valence-corrected chi connectivity index (χ3v) is 1.30. The molecular formula is C5H11NOS. The van der Waals surface area contributed by atoms with Gasteiger partial charge in [0.05, 0.1) is 11.6 Å². The topological polar surface area (TPSA) is 35.2 Å². The van der Waals surface area contributed by atoms with Gasteiger partial charge in [0.15, 0.2) is 0 Å². The van der Waals surface area contributed by atoms with Crippen LogP contribution < -0.4 is 5.73 Å². The van der Waals surface area contributed by atoms with E-state index in [1.54, 1.807) is 7.11 Å². The molecular weight excluding hydrogens is 122 g/mol. The summed E-state index contributed by atoms with van der Waals surface area (Å²) in [6.07, 6.45) is 0. The van der Waals surface area contributed by atoms with Gasteiger partial charge in [-0.05, 0) is 0 Å². The Kier molecular flexibility index (Phi) is 3.73. The first-order valence-electron chi connectivity index (χ1n) is 2.46. The van der Waals surface area contributed by atoms with Gasteiger partial charge in [0.25, 0.3) is 0 Å². The normalized spacial score (nSPS) is 13.2. The molecule has 0 saturated heterocycles. The molecule has 0 saturated carbocycles. The molecule has 2 N–H and O–H groups in total. The van der Waals surface area contributed by atoms with Gasteiger partial charge < -0.3 is 10.5 Å². The second kappa shape index (κ2) is 3.80. The highest BCUT2D eigenvalue weighted by atomic mass is 32.1. The Morgan fingerprint density at radius 3 is 2.50 bits per heavy atom. The van der Waals surface area contributed by atoms with Crippen LogP contribution in [0.2, 0.25) is 0 Å². The van der Waals surface area contributed by atoms with Gasteiger partial charge in [0, 0.05) is 13.0 Å². The van der Waals surface area contributed by atoms with Crippen molar-refractivity contribution in [2.24, 2.45) is 11.7 Å². The summed E-state index contributed by atoms with van der Waals surface area (Å²) in [7, 11) is 1.63. The van der Waals surface area contributed by atoms with Gasteiger partial charge in [0.2, 0.25) is 0 Å². The van der Waals surface area contributed by atoms with Gasteiger partial charge in [-0.3, -0.25) is 0 Å². The van der Waals surface area contributed by atoms with Crippen LogP contribution in [-0.2, 0) is 4.74 Å². The van der Waals surface area contributed by atoms with Crippen molar-refractivity contribution in [2.75, 3.05) is 13.7 Å². The summed E-state index contributed by atoms with van der Waals surface area (Å²) in [6, 6.07) is 0. The van der Waals surface area contributed by atoms with E-state index < -0.39 is 0 Å². The van der Waals surface area contributed by atoms with E-state index in [9.17, 15) is 0 Å². The van der Waals surface area contributed by atoms with Crippen LogP contribution in [0.5, 0.6) is 0 Å². The molecule has 0 aliphatic heterocycles. The fourth-order valence-electron chi connectivity index (χ4n) is 0.332. The van der Waals surface area contributed by atoms with E-state index in [0.717, 1.165) is 0 Å². The summed E-state index contributed by atoms with van der Waals surface area (Å²) in [5, 5.41) is 0. The molecule has 0 aromatic rings. The second-order valence-corrected chi connectivity index (χ2v) is 2.23. The van der Waals surface area contributed by atoms with Gasteiger partial charge in [-0.15, -0.1) is 0 Å². The monoisotopic (exact) mass is 133 g/mol. The van der Waals surface area contributed by atoms with Crippen molar-refractivity contribution in [1.29, 1.82) is 0 Å². The van der Waals surface area contributed by atoms with E-state index in [2.05, 4.69) is 12.2 Å². The fourth-order valence-corrected chi connectivity index (χ4v) is 0.400. The quantitative estimate of drug-likeness (QED) is 0.571. The molecule has 0 spiro atoms. The van der Waals surface area contributed by atoms with E-state index in [4.69, 9.17) is 10.5 Å². The summed E-state index contributed by atoms with van der Waals surface area (Å²) in [4.78, 5) is 0.520. The summed E-state index contributed by atoms with van der Waals surface area (Å²) >= 11 is 4.68. The van der Waals surface area contributed by atoms with Crippen LogP contribution in [0.3, 0.4) is 0 Å². The third-order valence-electron chi connectivity index (χ3n) is 0.902. The molecule has 2 nitrogen and oxygen atoms in total. The highest BCUT2D eigenvalue weighted by Gasteiger charge is 2.01. The van der Waals surface area contributed by atoms with Crippen molar-refractivity contribution >= 4 is 17.2 Å². The molecule has 0 rings (SSSR count). The minimum Gasteiger partial charge on any atom is -0.393 e. The van der Waals surface area contributed by atoms with Gasteiger partial charge in [-0.25, -0.2) is 0 Å². The summed E-state index contributed by atoms with van der Waals surface area (Å²) < 4.78 is 4.80. The van der Waals surface area contributed by atoms with Crippen LogP contribution in [-0.4, -0.2) is 18.7 Å². The van der Waals surface area contributed by atoms with Crippen molar-refractivity contribution in [3.05, 3.63) is 0 Å². The molecule has 3 heteroatoms. The zero-order valence-electron chi connectivity index (χ0n) is 5.18. The van der Waals surface area contributed by atoms with Crippen molar-refractivity contribution in [1.82, 2.24) is 0 Å². The van der Waals surface area contributed by atoms with Gasteiger partial charge in [-0.1, -0.05) is 19.1 Å². The first kappa shape index (κ1) is 7.85. The summed E-state index contributed by atoms with van der Waals surface area (Å²) in [5.41, 5.74) is 5.27. The smallest absolute Gasteiger partial charge is 0.0779 e. The lowest BCUT2D eigenvalue weighted by Crippen LogP contribution is -2.21. The van der Waals surface area contributed by atoms with Crippen LogP contribution in [0.1, 0.15) is 6.92 Å². The average molecular weight is 133 g/mol. The van der Waals surface area contributed by atoms with Crippen LogP contribution in [0, 0.1) is 5.92 Å². The maximum atomic E-state index is 5.27. The number of rotatable bonds is 3. The maximum absolute atomic E-state index is 5.27. The number of hydrogen-bond donors (Lipinski definition) is 1. The van der Waals surface area contributed by atoms with E-state index in [-0.39, 0.29) is 5.92 Å². The van der Waals surface area contributed by atoms with Gasteiger partial charge in [0.1, 0.15) is 0 Å². The predicted molar refractivity (Wildman–Crippen MR) is 37.8 cm³/mol. The Balaban J connectivity index is 3.32.